The van der Waals surface area contributed by atoms with Crippen molar-refractivity contribution in [1.29, 1.82) is 0 Å². The molecule has 0 saturated heterocycles. The second kappa shape index (κ2) is 5.14. The molecule has 0 amide bonds. The average Bonchev–Trinajstić information content (AvgIpc) is 2.99. The van der Waals surface area contributed by atoms with Gasteiger partial charge in [-0.15, -0.1) is 10.2 Å². The fourth-order valence-corrected chi connectivity index (χ4v) is 3.30. The van der Waals surface area contributed by atoms with E-state index in [1.54, 1.807) is 11.3 Å². The van der Waals surface area contributed by atoms with Gasteiger partial charge >= 0.3 is 0 Å². The van der Waals surface area contributed by atoms with Crippen LogP contribution in [0.2, 0.25) is 0 Å². The van der Waals surface area contributed by atoms with Gasteiger partial charge in [-0.2, -0.15) is 0 Å². The normalized spacial score (nSPS) is 17.0. The molecule has 1 aromatic carbocycles. The maximum absolute atomic E-state index is 5.54. The van der Waals surface area contributed by atoms with Gasteiger partial charge in [-0.1, -0.05) is 11.3 Å². The van der Waals surface area contributed by atoms with Crippen molar-refractivity contribution in [3.63, 3.8) is 0 Å². The summed E-state index contributed by atoms with van der Waals surface area (Å²) in [5.74, 6) is 1.02. The van der Waals surface area contributed by atoms with E-state index in [1.807, 2.05) is 6.07 Å². The molecule has 1 saturated carbocycles. The molecule has 2 aliphatic rings. The van der Waals surface area contributed by atoms with Gasteiger partial charge in [0.15, 0.2) is 0 Å². The number of nitrogens with one attached hydrogen (secondary N) is 1. The van der Waals surface area contributed by atoms with Crippen LogP contribution in [0.15, 0.2) is 18.2 Å². The highest BCUT2D eigenvalue weighted by molar-refractivity contribution is 7.14. The van der Waals surface area contributed by atoms with Gasteiger partial charge in [-0.05, 0) is 36.6 Å². The van der Waals surface area contributed by atoms with Crippen LogP contribution in [-0.4, -0.2) is 29.4 Å². The Kier molecular flexibility index (Phi) is 3.16. The topological polar surface area (TPSA) is 47.0 Å². The first-order valence-electron chi connectivity index (χ1n) is 7.20. The van der Waals surface area contributed by atoms with Crippen molar-refractivity contribution >= 4 is 11.3 Å². The molecule has 0 atom stereocenters. The fraction of sp³-hybridized carbons (Fsp3) is 0.467. The van der Waals surface area contributed by atoms with E-state index in [4.69, 9.17) is 4.74 Å². The van der Waals surface area contributed by atoms with Crippen molar-refractivity contribution in [2.45, 2.75) is 31.7 Å². The lowest BCUT2D eigenvalue weighted by atomic mass is 10.1. The van der Waals surface area contributed by atoms with Crippen LogP contribution in [-0.2, 0) is 12.8 Å². The van der Waals surface area contributed by atoms with Crippen molar-refractivity contribution in [2.75, 3.05) is 13.2 Å². The minimum atomic E-state index is 0.763. The molecule has 1 aliphatic heterocycles. The van der Waals surface area contributed by atoms with Gasteiger partial charge in [0.2, 0.25) is 0 Å². The zero-order valence-corrected chi connectivity index (χ0v) is 12.1. The Hall–Kier alpha value is -1.46. The first-order chi connectivity index (χ1) is 9.88. The molecule has 1 fully saturated rings. The highest BCUT2D eigenvalue weighted by Gasteiger charge is 2.20. The summed E-state index contributed by atoms with van der Waals surface area (Å²) in [4.78, 5) is 0. The monoisotopic (exact) mass is 287 g/mol. The average molecular weight is 287 g/mol. The van der Waals surface area contributed by atoms with Crippen LogP contribution in [0, 0.1) is 0 Å². The lowest BCUT2D eigenvalue weighted by Crippen LogP contribution is -2.19. The summed E-state index contributed by atoms with van der Waals surface area (Å²) in [6, 6.07) is 7.08. The number of rotatable bonds is 5. The minimum Gasteiger partial charge on any atom is -0.493 e. The molecule has 0 spiro atoms. The fourth-order valence-electron chi connectivity index (χ4n) is 2.46. The predicted octanol–water partition coefficient (Wildman–Crippen LogP) is 2.43. The van der Waals surface area contributed by atoms with Crippen LogP contribution < -0.4 is 10.1 Å². The summed E-state index contributed by atoms with van der Waals surface area (Å²) in [7, 11) is 0. The Labute approximate surface area is 122 Å². The summed E-state index contributed by atoms with van der Waals surface area (Å²) in [6.45, 7) is 1.81. The highest BCUT2D eigenvalue weighted by Crippen LogP contribution is 2.31. The molecule has 4 nitrogen and oxygen atoms in total. The second-order valence-electron chi connectivity index (χ2n) is 5.40. The quantitative estimate of drug-likeness (QED) is 0.917. The van der Waals surface area contributed by atoms with Gasteiger partial charge in [0.1, 0.15) is 15.8 Å². The molecule has 5 heteroatoms. The molecule has 4 rings (SSSR count). The second-order valence-corrected chi connectivity index (χ2v) is 6.46. The van der Waals surface area contributed by atoms with Gasteiger partial charge in [-0.3, -0.25) is 0 Å². The predicted molar refractivity (Wildman–Crippen MR) is 79.3 cm³/mol. The first-order valence-corrected chi connectivity index (χ1v) is 8.02. The lowest BCUT2D eigenvalue weighted by Gasteiger charge is -2.00. The van der Waals surface area contributed by atoms with Crippen molar-refractivity contribution in [2.24, 2.45) is 0 Å². The van der Waals surface area contributed by atoms with E-state index in [1.165, 1.54) is 18.4 Å². The summed E-state index contributed by atoms with van der Waals surface area (Å²) in [5.41, 5.74) is 2.45. The van der Waals surface area contributed by atoms with E-state index in [2.05, 4.69) is 27.6 Å². The third-order valence-corrected chi connectivity index (χ3v) is 4.78. The van der Waals surface area contributed by atoms with E-state index >= 15 is 0 Å². The molecule has 2 aromatic rings. The molecular weight excluding hydrogens is 270 g/mol. The molecule has 0 bridgehead atoms. The largest absolute Gasteiger partial charge is 0.493 e. The van der Waals surface area contributed by atoms with E-state index < -0.39 is 0 Å². The van der Waals surface area contributed by atoms with E-state index in [9.17, 15) is 0 Å². The molecule has 1 aromatic heterocycles. The van der Waals surface area contributed by atoms with E-state index in [-0.39, 0.29) is 0 Å². The van der Waals surface area contributed by atoms with E-state index in [0.717, 1.165) is 53.4 Å². The molecule has 20 heavy (non-hydrogen) atoms. The Bertz CT molecular complexity index is 621. The maximum atomic E-state index is 5.54. The van der Waals surface area contributed by atoms with Crippen molar-refractivity contribution in [3.05, 3.63) is 28.8 Å². The third kappa shape index (κ3) is 2.55. The zero-order chi connectivity index (χ0) is 13.4. The number of ether oxygens (including phenoxy) is 1. The SMILES string of the molecule is c1cc2c(cc1-c1nnc(CCNC3CC3)s1)CCO2. The van der Waals surface area contributed by atoms with Crippen molar-refractivity contribution in [1.82, 2.24) is 15.5 Å². The van der Waals surface area contributed by atoms with Gasteiger partial charge in [-0.25, -0.2) is 0 Å². The highest BCUT2D eigenvalue weighted by atomic mass is 32.1. The molecule has 0 unspecified atom stereocenters. The Morgan fingerprint density at radius 2 is 2.25 bits per heavy atom. The Morgan fingerprint density at radius 3 is 3.15 bits per heavy atom. The van der Waals surface area contributed by atoms with Gasteiger partial charge in [0.25, 0.3) is 0 Å². The first kappa shape index (κ1) is 12.3. The standard InChI is InChI=1S/C15H17N3OS/c1-4-13-10(6-8-19-13)9-11(1)15-18-17-14(20-15)5-7-16-12-2-3-12/h1,4,9,12,16H,2-3,5-8H2. The third-order valence-electron chi connectivity index (χ3n) is 3.75. The molecule has 1 aliphatic carbocycles. The number of fused-ring (bicyclic) bond motifs is 1. The van der Waals surface area contributed by atoms with Crippen LogP contribution >= 0.6 is 11.3 Å². The number of hydrogen-bond acceptors (Lipinski definition) is 5. The summed E-state index contributed by atoms with van der Waals surface area (Å²) in [6.07, 6.45) is 4.64. The van der Waals surface area contributed by atoms with Crippen LogP contribution in [0.1, 0.15) is 23.4 Å². The van der Waals surface area contributed by atoms with Crippen LogP contribution in [0.5, 0.6) is 5.75 Å². The van der Waals surface area contributed by atoms with Crippen LogP contribution in [0.4, 0.5) is 0 Å². The molecule has 2 heterocycles. The van der Waals surface area contributed by atoms with Gasteiger partial charge in [0, 0.05) is 31.0 Å². The number of nitrogens with zero attached hydrogens (tertiary/aromatic N) is 2. The summed E-state index contributed by atoms with van der Waals surface area (Å²) < 4.78 is 5.54. The Morgan fingerprint density at radius 1 is 1.30 bits per heavy atom. The summed E-state index contributed by atoms with van der Waals surface area (Å²) >= 11 is 1.70. The molecule has 0 radical (unpaired) electrons. The zero-order valence-electron chi connectivity index (χ0n) is 11.3. The van der Waals surface area contributed by atoms with Crippen molar-refractivity contribution in [3.8, 4) is 16.3 Å². The lowest BCUT2D eigenvalue weighted by molar-refractivity contribution is 0.357. The number of benzene rings is 1. The van der Waals surface area contributed by atoms with E-state index in [0.29, 0.717) is 0 Å². The Balaban J connectivity index is 1.46. The minimum absolute atomic E-state index is 0.763. The van der Waals surface area contributed by atoms with Crippen LogP contribution in [0.3, 0.4) is 0 Å². The van der Waals surface area contributed by atoms with Gasteiger partial charge < -0.3 is 10.1 Å². The number of hydrogen-bond donors (Lipinski definition) is 1. The molecule has 104 valence electrons. The smallest absolute Gasteiger partial charge is 0.147 e. The molecule has 1 N–H and O–H groups in total. The maximum Gasteiger partial charge on any atom is 0.147 e. The summed E-state index contributed by atoms with van der Waals surface area (Å²) in [5, 5.41) is 14.3. The van der Waals surface area contributed by atoms with Crippen LogP contribution in [0.25, 0.3) is 10.6 Å². The van der Waals surface area contributed by atoms with Crippen molar-refractivity contribution < 1.29 is 4.74 Å². The molecular formula is C15H17N3OS. The van der Waals surface area contributed by atoms with Gasteiger partial charge in [0.05, 0.1) is 6.61 Å². The number of aromatic nitrogens is 2.